The Morgan fingerprint density at radius 2 is 2.00 bits per heavy atom. The lowest BCUT2D eigenvalue weighted by molar-refractivity contribution is -0.138. The van der Waals surface area contributed by atoms with Gasteiger partial charge in [0.05, 0.1) is 23.5 Å². The van der Waals surface area contributed by atoms with Gasteiger partial charge in [-0.05, 0) is 36.6 Å². The van der Waals surface area contributed by atoms with Crippen molar-refractivity contribution in [2.45, 2.75) is 58.0 Å². The van der Waals surface area contributed by atoms with Gasteiger partial charge >= 0.3 is 12.1 Å². The van der Waals surface area contributed by atoms with Crippen molar-refractivity contribution in [2.24, 2.45) is 5.92 Å². The first-order valence-corrected chi connectivity index (χ1v) is 15.4. The minimum atomic E-state index is -4.89. The van der Waals surface area contributed by atoms with Crippen LogP contribution in [0.5, 0.6) is 5.75 Å². The zero-order valence-corrected chi connectivity index (χ0v) is 21.8. The van der Waals surface area contributed by atoms with Crippen molar-refractivity contribution in [3.05, 3.63) is 51.9 Å². The van der Waals surface area contributed by atoms with Crippen LogP contribution in [0, 0.1) is 5.92 Å². The fourth-order valence-electron chi connectivity index (χ4n) is 4.10. The number of ether oxygens (including phenoxy) is 2. The lowest BCUT2D eigenvalue weighted by atomic mass is 10.1. The molecule has 1 aromatic heterocycles. The minimum Gasteiger partial charge on any atom is -0.491 e. The first kappa shape index (κ1) is 27.7. The molecule has 0 spiro atoms. The van der Waals surface area contributed by atoms with Crippen LogP contribution >= 0.6 is 0 Å². The van der Waals surface area contributed by atoms with E-state index in [0.717, 1.165) is 12.2 Å². The number of rotatable bonds is 10. The Balaban J connectivity index is 1.83. The molecule has 198 valence electrons. The molecule has 3 rings (SSSR count). The normalized spacial score (nSPS) is 18.5. The molecule has 0 aliphatic carbocycles. The second-order valence-electron chi connectivity index (χ2n) is 10.3. The summed E-state index contributed by atoms with van der Waals surface area (Å²) in [5.74, 6) is -0.755. The molecular weight excluding hydrogens is 495 g/mol. The molecule has 2 aromatic rings. The summed E-state index contributed by atoms with van der Waals surface area (Å²) in [5, 5.41) is 13.1. The second kappa shape index (κ2) is 11.0. The Kier molecular flexibility index (Phi) is 8.50. The van der Waals surface area contributed by atoms with Gasteiger partial charge in [-0.3, -0.25) is 4.79 Å². The second-order valence-corrected chi connectivity index (χ2v) is 16.0. The predicted molar refractivity (Wildman–Crippen MR) is 131 cm³/mol. The molecule has 12 heteroatoms. The number of aromatic nitrogens is 2. The molecule has 1 fully saturated rings. The van der Waals surface area contributed by atoms with Gasteiger partial charge in [-0.1, -0.05) is 32.6 Å². The molecule has 1 aromatic carbocycles. The van der Waals surface area contributed by atoms with Crippen LogP contribution in [0.15, 0.2) is 35.3 Å². The number of hydrogen-bond acceptors (Lipinski definition) is 6. The molecular formula is C24H32F3N3O5Si. The number of halogens is 3. The molecule has 0 saturated carbocycles. The largest absolute Gasteiger partial charge is 0.491 e. The van der Waals surface area contributed by atoms with Crippen molar-refractivity contribution < 1.29 is 32.5 Å². The molecule has 0 amide bonds. The van der Waals surface area contributed by atoms with Gasteiger partial charge in [-0.15, -0.1) is 0 Å². The van der Waals surface area contributed by atoms with E-state index in [0.29, 0.717) is 30.0 Å². The highest BCUT2D eigenvalue weighted by atomic mass is 28.3. The highest BCUT2D eigenvalue weighted by Crippen LogP contribution is 2.37. The van der Waals surface area contributed by atoms with Gasteiger partial charge < -0.3 is 19.5 Å². The quantitative estimate of drug-likeness (QED) is 0.357. The van der Waals surface area contributed by atoms with E-state index in [1.165, 1.54) is 23.1 Å². The lowest BCUT2D eigenvalue weighted by Gasteiger charge is -2.29. The first-order chi connectivity index (χ1) is 16.8. The van der Waals surface area contributed by atoms with Crippen molar-refractivity contribution in [3.8, 4) is 5.75 Å². The summed E-state index contributed by atoms with van der Waals surface area (Å²) in [4.78, 5) is 25.6. The molecule has 1 saturated heterocycles. The van der Waals surface area contributed by atoms with Gasteiger partial charge in [0.2, 0.25) is 0 Å². The highest BCUT2D eigenvalue weighted by molar-refractivity contribution is 6.76. The Morgan fingerprint density at radius 3 is 2.64 bits per heavy atom. The standard InChI is InChI=1S/C24H32F3N3O5Si/c1-16-10-18(14-35-19-7-5-6-17(11-19)23(32)33)29(13-16)20-12-28-30(15-34-8-9-36(2,3)4)22(31)21(20)24(25,26)27/h5-7,11-12,16,18H,8-10,13-15H2,1-4H3,(H,32,33)/t16-,18+/m1/s1. The average molecular weight is 528 g/mol. The van der Waals surface area contributed by atoms with Crippen molar-refractivity contribution in [1.29, 1.82) is 0 Å². The van der Waals surface area contributed by atoms with E-state index in [9.17, 15) is 22.8 Å². The zero-order chi connectivity index (χ0) is 26.7. The number of benzene rings is 1. The Bertz CT molecular complexity index is 1130. The lowest BCUT2D eigenvalue weighted by Crippen LogP contribution is -2.40. The molecule has 2 heterocycles. The van der Waals surface area contributed by atoms with Crippen LogP contribution in [0.3, 0.4) is 0 Å². The van der Waals surface area contributed by atoms with Gasteiger partial charge in [0.1, 0.15) is 24.7 Å². The van der Waals surface area contributed by atoms with E-state index in [-0.39, 0.29) is 30.5 Å². The number of nitrogens with zero attached hydrogens (tertiary/aromatic N) is 3. The maximum atomic E-state index is 14.1. The van der Waals surface area contributed by atoms with E-state index in [4.69, 9.17) is 14.6 Å². The summed E-state index contributed by atoms with van der Waals surface area (Å²) in [7, 11) is -1.39. The molecule has 36 heavy (non-hydrogen) atoms. The van der Waals surface area contributed by atoms with Crippen LogP contribution in [0.1, 0.15) is 29.3 Å². The molecule has 1 N–H and O–H groups in total. The van der Waals surface area contributed by atoms with Gasteiger partial charge in [0.25, 0.3) is 5.56 Å². The topological polar surface area (TPSA) is 93.9 Å². The number of carboxylic acid groups (broad SMARTS) is 1. The summed E-state index contributed by atoms with van der Waals surface area (Å²) >= 11 is 0. The molecule has 2 atom stereocenters. The van der Waals surface area contributed by atoms with Gasteiger partial charge in [0, 0.05) is 21.2 Å². The minimum absolute atomic E-state index is 0.0214. The van der Waals surface area contributed by atoms with Gasteiger partial charge in [0.15, 0.2) is 0 Å². The monoisotopic (exact) mass is 527 g/mol. The van der Waals surface area contributed by atoms with E-state index in [1.807, 2.05) is 6.92 Å². The number of alkyl halides is 3. The molecule has 1 aliphatic heterocycles. The first-order valence-electron chi connectivity index (χ1n) is 11.7. The van der Waals surface area contributed by atoms with E-state index in [1.54, 1.807) is 6.07 Å². The summed E-state index contributed by atoms with van der Waals surface area (Å²) < 4.78 is 54.2. The third-order valence-electron chi connectivity index (χ3n) is 5.97. The number of carboxylic acids is 1. The maximum absolute atomic E-state index is 14.1. The molecule has 0 radical (unpaired) electrons. The number of anilines is 1. The summed E-state index contributed by atoms with van der Waals surface area (Å²) in [6, 6.07) is 6.25. The van der Waals surface area contributed by atoms with E-state index >= 15 is 0 Å². The van der Waals surface area contributed by atoms with Crippen LogP contribution in [0.25, 0.3) is 0 Å². The predicted octanol–water partition coefficient (Wildman–Crippen LogP) is 4.57. The Labute approximate surface area is 208 Å². The zero-order valence-electron chi connectivity index (χ0n) is 20.8. The van der Waals surface area contributed by atoms with E-state index in [2.05, 4.69) is 24.7 Å². The van der Waals surface area contributed by atoms with Gasteiger partial charge in [-0.25, -0.2) is 9.48 Å². The van der Waals surface area contributed by atoms with Crippen molar-refractivity contribution >= 4 is 19.7 Å². The Morgan fingerprint density at radius 1 is 1.28 bits per heavy atom. The fourth-order valence-corrected chi connectivity index (χ4v) is 4.86. The third-order valence-corrected chi connectivity index (χ3v) is 7.68. The molecule has 0 unspecified atom stereocenters. The number of carbonyl (C=O) groups is 1. The van der Waals surface area contributed by atoms with Crippen LogP contribution < -0.4 is 15.2 Å². The average Bonchev–Trinajstić information content (AvgIpc) is 3.15. The van der Waals surface area contributed by atoms with Crippen molar-refractivity contribution in [1.82, 2.24) is 9.78 Å². The Hall–Kier alpha value is -2.86. The fraction of sp³-hybridized carbons (Fsp3) is 0.542. The van der Waals surface area contributed by atoms with E-state index < -0.39 is 37.4 Å². The highest BCUT2D eigenvalue weighted by Gasteiger charge is 2.42. The van der Waals surface area contributed by atoms with Crippen LogP contribution in [0.2, 0.25) is 25.7 Å². The summed E-state index contributed by atoms with van der Waals surface area (Å²) in [6.07, 6.45) is -3.27. The van der Waals surface area contributed by atoms with Crippen LogP contribution in [-0.2, 0) is 17.6 Å². The maximum Gasteiger partial charge on any atom is 0.423 e. The van der Waals surface area contributed by atoms with Crippen LogP contribution in [-0.4, -0.2) is 54.7 Å². The molecule has 0 bridgehead atoms. The SMILES string of the molecule is C[C@@H]1C[C@@H](COc2cccc(C(=O)O)c2)N(c2cnn(COCC[Si](C)(C)C)c(=O)c2C(F)(F)F)C1. The molecule has 8 nitrogen and oxygen atoms in total. The number of hydrogen-bond donors (Lipinski definition) is 1. The van der Waals surface area contributed by atoms with Crippen LogP contribution in [0.4, 0.5) is 18.9 Å². The summed E-state index contributed by atoms with van der Waals surface area (Å²) in [6.45, 7) is 8.67. The summed E-state index contributed by atoms with van der Waals surface area (Å²) in [5.41, 5.74) is -2.77. The van der Waals surface area contributed by atoms with Crippen molar-refractivity contribution in [3.63, 3.8) is 0 Å². The smallest absolute Gasteiger partial charge is 0.423 e. The number of aromatic carboxylic acids is 1. The third kappa shape index (κ3) is 7.09. The van der Waals surface area contributed by atoms with Crippen molar-refractivity contribution in [2.75, 3.05) is 24.7 Å². The van der Waals surface area contributed by atoms with Gasteiger partial charge in [-0.2, -0.15) is 18.3 Å². The molecule has 1 aliphatic rings.